The van der Waals surface area contributed by atoms with Crippen molar-refractivity contribution in [3.05, 3.63) is 70.8 Å². The number of carbonyl (C=O) groups is 1. The van der Waals surface area contributed by atoms with Gasteiger partial charge >= 0.3 is 0 Å². The highest BCUT2D eigenvalue weighted by Gasteiger charge is 2.28. The summed E-state index contributed by atoms with van der Waals surface area (Å²) in [5.74, 6) is 0.405. The molecule has 1 aliphatic carbocycles. The molecule has 4 heteroatoms. The number of hydrogen-bond donors (Lipinski definition) is 1. The monoisotopic (exact) mass is 373 g/mol. The van der Waals surface area contributed by atoms with E-state index in [0.29, 0.717) is 19.0 Å². The van der Waals surface area contributed by atoms with E-state index in [0.717, 1.165) is 38.6 Å². The molecule has 1 N–H and O–H groups in total. The van der Waals surface area contributed by atoms with E-state index in [1.54, 1.807) is 4.90 Å². The molecule has 1 heterocycles. The van der Waals surface area contributed by atoms with Gasteiger partial charge in [-0.2, -0.15) is 5.26 Å². The van der Waals surface area contributed by atoms with Crippen LogP contribution in [0.5, 0.6) is 0 Å². The van der Waals surface area contributed by atoms with Crippen molar-refractivity contribution in [2.75, 3.05) is 19.6 Å². The van der Waals surface area contributed by atoms with E-state index in [1.165, 1.54) is 22.3 Å². The number of nitrogens with zero attached hydrogens (tertiary/aromatic N) is 2. The Morgan fingerprint density at radius 3 is 2.36 bits per heavy atom. The number of nitriles is 1. The second-order valence-electron chi connectivity index (χ2n) is 7.79. The number of rotatable bonds is 5. The second kappa shape index (κ2) is 8.58. The van der Waals surface area contributed by atoms with Crippen LogP contribution < -0.4 is 5.32 Å². The maximum absolute atomic E-state index is 12.4. The molecule has 0 bridgehead atoms. The van der Waals surface area contributed by atoms with Gasteiger partial charge in [-0.25, -0.2) is 0 Å². The summed E-state index contributed by atoms with van der Waals surface area (Å²) >= 11 is 0. The van der Waals surface area contributed by atoms with Gasteiger partial charge in [0.2, 0.25) is 5.91 Å². The van der Waals surface area contributed by atoms with Gasteiger partial charge in [0.05, 0.1) is 12.6 Å². The lowest BCUT2D eigenvalue weighted by Gasteiger charge is -2.22. The summed E-state index contributed by atoms with van der Waals surface area (Å²) in [6, 6.07) is 19.5. The maximum Gasteiger partial charge on any atom is 0.237 e. The molecule has 0 aromatic heterocycles. The quantitative estimate of drug-likeness (QED) is 0.817. The van der Waals surface area contributed by atoms with E-state index < -0.39 is 0 Å². The van der Waals surface area contributed by atoms with Crippen molar-refractivity contribution in [1.82, 2.24) is 10.2 Å². The minimum absolute atomic E-state index is 0.0470. The number of nitrogens with one attached hydrogen (secondary N) is 1. The molecule has 4 rings (SSSR count). The van der Waals surface area contributed by atoms with Crippen molar-refractivity contribution < 1.29 is 4.79 Å². The molecule has 0 radical (unpaired) electrons. The highest BCUT2D eigenvalue weighted by atomic mass is 16.2. The van der Waals surface area contributed by atoms with Crippen LogP contribution in [0, 0.1) is 11.3 Å². The van der Waals surface area contributed by atoms with E-state index in [2.05, 4.69) is 59.9 Å². The molecular formula is C24H27N3O. The zero-order valence-electron chi connectivity index (χ0n) is 16.2. The molecule has 4 nitrogen and oxygen atoms in total. The van der Waals surface area contributed by atoms with Gasteiger partial charge in [-0.15, -0.1) is 0 Å². The summed E-state index contributed by atoms with van der Waals surface area (Å²) in [4.78, 5) is 14.2. The number of hydrogen-bond acceptors (Lipinski definition) is 3. The Labute approximate surface area is 167 Å². The number of fused-ring (bicyclic) bond motifs is 2. The molecule has 2 aromatic rings. The fraction of sp³-hybridized carbons (Fsp3) is 0.417. The third kappa shape index (κ3) is 3.81. The normalized spacial score (nSPS) is 18.8. The summed E-state index contributed by atoms with van der Waals surface area (Å²) in [5.41, 5.74) is 5.72. The number of aryl methyl sites for hydroxylation is 2. The van der Waals surface area contributed by atoms with Crippen molar-refractivity contribution in [3.8, 4) is 6.07 Å². The molecule has 0 spiro atoms. The SMILES string of the molecule is N#C[C@@H]1CCCN1C(=O)CNCCC1c2ccccc2CCc2ccccc21. The molecule has 2 aliphatic rings. The van der Waals surface area contributed by atoms with Crippen LogP contribution in [0.25, 0.3) is 0 Å². The van der Waals surface area contributed by atoms with Crippen LogP contribution in [0.3, 0.4) is 0 Å². The first-order valence-electron chi connectivity index (χ1n) is 10.3. The summed E-state index contributed by atoms with van der Waals surface area (Å²) in [6.07, 6.45) is 4.86. The molecule has 28 heavy (non-hydrogen) atoms. The lowest BCUT2D eigenvalue weighted by Crippen LogP contribution is -2.40. The Balaban J connectivity index is 1.42. The van der Waals surface area contributed by atoms with Crippen molar-refractivity contribution in [2.24, 2.45) is 0 Å². The van der Waals surface area contributed by atoms with Crippen LogP contribution in [0.4, 0.5) is 0 Å². The Morgan fingerprint density at radius 1 is 1.07 bits per heavy atom. The Bertz CT molecular complexity index is 838. The zero-order chi connectivity index (χ0) is 19.3. The van der Waals surface area contributed by atoms with Gasteiger partial charge in [-0.3, -0.25) is 4.79 Å². The Kier molecular flexibility index (Phi) is 5.73. The van der Waals surface area contributed by atoms with E-state index in [4.69, 9.17) is 0 Å². The minimum atomic E-state index is -0.241. The second-order valence-corrected chi connectivity index (χ2v) is 7.79. The average Bonchev–Trinajstić information content (AvgIpc) is 3.16. The first kappa shape index (κ1) is 18.7. The molecular weight excluding hydrogens is 346 g/mol. The van der Waals surface area contributed by atoms with Crippen molar-refractivity contribution in [2.45, 2.75) is 44.1 Å². The van der Waals surface area contributed by atoms with Gasteiger partial charge in [0.15, 0.2) is 0 Å². The Morgan fingerprint density at radius 2 is 1.71 bits per heavy atom. The van der Waals surface area contributed by atoms with E-state index in [1.807, 2.05) is 0 Å². The summed E-state index contributed by atoms with van der Waals surface area (Å²) in [5, 5.41) is 12.5. The van der Waals surface area contributed by atoms with E-state index in [-0.39, 0.29) is 11.9 Å². The topological polar surface area (TPSA) is 56.1 Å². The average molecular weight is 374 g/mol. The number of amides is 1. The fourth-order valence-corrected chi connectivity index (χ4v) is 4.69. The van der Waals surface area contributed by atoms with E-state index >= 15 is 0 Å². The molecule has 1 fully saturated rings. The number of likely N-dealkylation sites (tertiary alicyclic amines) is 1. The molecule has 2 aromatic carbocycles. The van der Waals surface area contributed by atoms with Crippen molar-refractivity contribution in [3.63, 3.8) is 0 Å². The molecule has 0 saturated carbocycles. The van der Waals surface area contributed by atoms with Gasteiger partial charge in [-0.1, -0.05) is 48.5 Å². The third-order valence-corrected chi connectivity index (χ3v) is 6.13. The van der Waals surface area contributed by atoms with Crippen LogP contribution in [0.15, 0.2) is 48.5 Å². The zero-order valence-corrected chi connectivity index (χ0v) is 16.2. The lowest BCUT2D eigenvalue weighted by molar-refractivity contribution is -0.130. The number of benzene rings is 2. The number of carbonyl (C=O) groups excluding carboxylic acids is 1. The van der Waals surface area contributed by atoms with Gasteiger partial charge in [-0.05, 0) is 60.9 Å². The molecule has 1 saturated heterocycles. The van der Waals surface area contributed by atoms with Crippen molar-refractivity contribution >= 4 is 5.91 Å². The summed E-state index contributed by atoms with van der Waals surface area (Å²) in [7, 11) is 0. The first-order valence-corrected chi connectivity index (χ1v) is 10.3. The molecule has 0 unspecified atom stereocenters. The molecule has 1 aliphatic heterocycles. The van der Waals surface area contributed by atoms with Crippen LogP contribution >= 0.6 is 0 Å². The smallest absolute Gasteiger partial charge is 0.237 e. The standard InChI is InChI=1S/C24H27N3O/c25-16-20-8-5-15-27(20)24(28)17-26-14-13-23-21-9-3-1-6-18(21)11-12-19-7-2-4-10-22(19)23/h1-4,6-7,9-10,20,23,26H,5,8,11-15,17H2/t20-/m0/s1. The van der Waals surface area contributed by atoms with Gasteiger partial charge in [0.25, 0.3) is 0 Å². The lowest BCUT2D eigenvalue weighted by atomic mass is 9.86. The van der Waals surface area contributed by atoms with Gasteiger partial charge < -0.3 is 10.2 Å². The highest BCUT2D eigenvalue weighted by molar-refractivity contribution is 5.79. The van der Waals surface area contributed by atoms with Gasteiger partial charge in [0, 0.05) is 12.5 Å². The third-order valence-electron chi connectivity index (χ3n) is 6.13. The van der Waals surface area contributed by atoms with Gasteiger partial charge in [0.1, 0.15) is 6.04 Å². The van der Waals surface area contributed by atoms with E-state index in [9.17, 15) is 10.1 Å². The molecule has 1 atom stereocenters. The fourth-order valence-electron chi connectivity index (χ4n) is 4.69. The summed E-state index contributed by atoms with van der Waals surface area (Å²) in [6.45, 7) is 1.81. The predicted octanol–water partition coefficient (Wildman–Crippen LogP) is 3.41. The highest BCUT2D eigenvalue weighted by Crippen LogP contribution is 2.36. The first-order chi connectivity index (χ1) is 13.8. The van der Waals surface area contributed by atoms with Crippen LogP contribution in [0.2, 0.25) is 0 Å². The molecule has 144 valence electrons. The predicted molar refractivity (Wildman–Crippen MR) is 110 cm³/mol. The van der Waals surface area contributed by atoms with Crippen LogP contribution in [0.1, 0.15) is 47.4 Å². The summed E-state index contributed by atoms with van der Waals surface area (Å²) < 4.78 is 0. The maximum atomic E-state index is 12.4. The molecule has 1 amide bonds. The largest absolute Gasteiger partial charge is 0.326 e. The van der Waals surface area contributed by atoms with Crippen molar-refractivity contribution in [1.29, 1.82) is 5.26 Å². The van der Waals surface area contributed by atoms with Crippen LogP contribution in [-0.2, 0) is 17.6 Å². The Hall–Kier alpha value is -2.64. The minimum Gasteiger partial charge on any atom is -0.326 e. The van der Waals surface area contributed by atoms with Crippen LogP contribution in [-0.4, -0.2) is 36.5 Å².